The Bertz CT molecular complexity index is 1240. The summed E-state index contributed by atoms with van der Waals surface area (Å²) in [6.45, 7) is 3.65. The van der Waals surface area contributed by atoms with E-state index in [1.807, 2.05) is 6.07 Å². The van der Waals surface area contributed by atoms with Crippen LogP contribution in [0.4, 0.5) is 5.69 Å². The van der Waals surface area contributed by atoms with Crippen LogP contribution in [0, 0.1) is 6.92 Å². The normalized spacial score (nSPS) is 11.0. The highest BCUT2D eigenvalue weighted by molar-refractivity contribution is 7.92. The third-order valence-electron chi connectivity index (χ3n) is 5.07. The monoisotopic (exact) mass is 467 g/mol. The van der Waals surface area contributed by atoms with Gasteiger partial charge in [0.15, 0.2) is 0 Å². The summed E-state index contributed by atoms with van der Waals surface area (Å²) >= 11 is 0. The summed E-state index contributed by atoms with van der Waals surface area (Å²) in [4.78, 5) is 24.2. The molecule has 172 valence electrons. The van der Waals surface area contributed by atoms with E-state index in [-0.39, 0.29) is 23.6 Å². The highest BCUT2D eigenvalue weighted by atomic mass is 32.2. The van der Waals surface area contributed by atoms with Gasteiger partial charge in [-0.25, -0.2) is 18.0 Å². The lowest BCUT2D eigenvalue weighted by molar-refractivity contribution is 0.0471. The summed E-state index contributed by atoms with van der Waals surface area (Å²) in [5, 5.41) is 0. The van der Waals surface area contributed by atoms with Crippen molar-refractivity contribution in [2.45, 2.75) is 25.3 Å². The molecule has 3 rings (SSSR count). The van der Waals surface area contributed by atoms with Crippen molar-refractivity contribution in [1.29, 1.82) is 0 Å². The van der Waals surface area contributed by atoms with E-state index in [0.717, 1.165) is 0 Å². The zero-order chi connectivity index (χ0) is 24.0. The number of nitrogens with zero attached hydrogens (tertiary/aromatic N) is 1. The number of sulfonamides is 1. The Hall–Kier alpha value is -3.65. The topological polar surface area (TPSA) is 90.0 Å². The Morgan fingerprint density at radius 1 is 0.879 bits per heavy atom. The van der Waals surface area contributed by atoms with Crippen molar-refractivity contribution < 1.29 is 27.5 Å². The maximum absolute atomic E-state index is 13.4. The second-order valence-corrected chi connectivity index (χ2v) is 9.08. The number of aryl methyl sites for hydroxylation is 1. The Morgan fingerprint density at radius 2 is 1.52 bits per heavy atom. The predicted molar refractivity (Wildman–Crippen MR) is 125 cm³/mol. The van der Waals surface area contributed by atoms with E-state index < -0.39 is 22.0 Å². The Kier molecular flexibility index (Phi) is 7.50. The summed E-state index contributed by atoms with van der Waals surface area (Å²) in [6, 6.07) is 19.7. The molecule has 0 aliphatic heterocycles. The van der Waals surface area contributed by atoms with Crippen LogP contribution in [-0.2, 0) is 26.1 Å². The molecule has 0 amide bonds. The number of methoxy groups -OCH3 is 1. The summed E-state index contributed by atoms with van der Waals surface area (Å²) in [7, 11) is -2.59. The highest BCUT2D eigenvalue weighted by Crippen LogP contribution is 2.26. The molecule has 0 aliphatic rings. The Morgan fingerprint density at radius 3 is 2.12 bits per heavy atom. The number of hydrogen-bond acceptors (Lipinski definition) is 6. The summed E-state index contributed by atoms with van der Waals surface area (Å²) in [5.41, 5.74) is 2.27. The van der Waals surface area contributed by atoms with Crippen molar-refractivity contribution in [3.63, 3.8) is 0 Å². The minimum Gasteiger partial charge on any atom is -0.465 e. The number of rotatable bonds is 8. The van der Waals surface area contributed by atoms with Crippen LogP contribution in [0.1, 0.15) is 38.8 Å². The van der Waals surface area contributed by atoms with Crippen LogP contribution in [0.2, 0.25) is 0 Å². The van der Waals surface area contributed by atoms with E-state index in [9.17, 15) is 18.0 Å². The standard InChI is InChI=1S/C25H25NO6S/c1-4-26(22-8-6-5-7-9-22)33(29,30)23-16-21(13-10-18(23)2)25(28)32-17-19-11-14-20(15-12-19)24(27)31-3/h5-16H,4,17H2,1-3H3. The van der Waals surface area contributed by atoms with Crippen molar-refractivity contribution in [3.05, 3.63) is 95.1 Å². The van der Waals surface area contributed by atoms with Crippen LogP contribution >= 0.6 is 0 Å². The predicted octanol–water partition coefficient (Wildman–Crippen LogP) is 4.35. The van der Waals surface area contributed by atoms with Gasteiger partial charge in [-0.2, -0.15) is 0 Å². The van der Waals surface area contributed by atoms with Crippen LogP contribution in [0.5, 0.6) is 0 Å². The number of para-hydroxylation sites is 1. The van der Waals surface area contributed by atoms with Crippen molar-refractivity contribution >= 4 is 27.6 Å². The van der Waals surface area contributed by atoms with Crippen molar-refractivity contribution in [1.82, 2.24) is 0 Å². The molecule has 0 aliphatic carbocycles. The molecule has 3 aromatic rings. The fourth-order valence-corrected chi connectivity index (χ4v) is 5.02. The lowest BCUT2D eigenvalue weighted by atomic mass is 10.1. The van der Waals surface area contributed by atoms with Gasteiger partial charge < -0.3 is 9.47 Å². The van der Waals surface area contributed by atoms with Gasteiger partial charge in [-0.3, -0.25) is 4.31 Å². The molecule has 33 heavy (non-hydrogen) atoms. The molecule has 3 aromatic carbocycles. The molecular formula is C25H25NO6S. The summed E-state index contributed by atoms with van der Waals surface area (Å²) in [6.07, 6.45) is 0. The van der Waals surface area contributed by atoms with Crippen LogP contribution in [0.3, 0.4) is 0 Å². The molecule has 0 radical (unpaired) electrons. The zero-order valence-corrected chi connectivity index (χ0v) is 19.5. The number of esters is 2. The minimum absolute atomic E-state index is 0.0264. The average molecular weight is 468 g/mol. The van der Waals surface area contributed by atoms with Gasteiger partial charge in [0.1, 0.15) is 6.61 Å². The maximum Gasteiger partial charge on any atom is 0.338 e. The molecule has 0 N–H and O–H groups in total. The average Bonchev–Trinajstić information content (AvgIpc) is 2.83. The molecule has 0 fully saturated rings. The zero-order valence-electron chi connectivity index (χ0n) is 18.6. The quantitative estimate of drug-likeness (QED) is 0.458. The molecule has 0 saturated heterocycles. The molecule has 0 unspecified atom stereocenters. The third-order valence-corrected chi connectivity index (χ3v) is 7.11. The molecule has 0 heterocycles. The molecule has 0 bridgehead atoms. The highest BCUT2D eigenvalue weighted by Gasteiger charge is 2.26. The SMILES string of the molecule is CCN(c1ccccc1)S(=O)(=O)c1cc(C(=O)OCc2ccc(C(=O)OC)cc2)ccc1C. The van der Waals surface area contributed by atoms with Crippen molar-refractivity contribution in [2.75, 3.05) is 18.0 Å². The number of hydrogen-bond donors (Lipinski definition) is 0. The Balaban J connectivity index is 1.80. The lowest BCUT2D eigenvalue weighted by Crippen LogP contribution is -2.31. The largest absolute Gasteiger partial charge is 0.465 e. The van der Waals surface area contributed by atoms with Gasteiger partial charge >= 0.3 is 11.9 Å². The van der Waals surface area contributed by atoms with E-state index in [2.05, 4.69) is 4.74 Å². The van der Waals surface area contributed by atoms with Crippen molar-refractivity contribution in [2.24, 2.45) is 0 Å². The van der Waals surface area contributed by atoms with Crippen LogP contribution in [-0.4, -0.2) is 34.0 Å². The number of anilines is 1. The second-order valence-electron chi connectivity index (χ2n) is 7.25. The second kappa shape index (κ2) is 10.3. The fraction of sp³-hybridized carbons (Fsp3) is 0.200. The number of benzene rings is 3. The molecule has 0 atom stereocenters. The van der Waals surface area contributed by atoms with E-state index in [1.54, 1.807) is 68.4 Å². The van der Waals surface area contributed by atoms with Gasteiger partial charge in [0.2, 0.25) is 0 Å². The maximum atomic E-state index is 13.4. The van der Waals surface area contributed by atoms with Gasteiger partial charge in [0, 0.05) is 6.54 Å². The van der Waals surface area contributed by atoms with Gasteiger partial charge in [-0.1, -0.05) is 36.4 Å². The van der Waals surface area contributed by atoms with E-state index in [0.29, 0.717) is 22.4 Å². The third kappa shape index (κ3) is 5.40. The van der Waals surface area contributed by atoms with E-state index >= 15 is 0 Å². The van der Waals surface area contributed by atoms with Crippen LogP contribution < -0.4 is 4.31 Å². The number of ether oxygens (including phenoxy) is 2. The fourth-order valence-electron chi connectivity index (χ4n) is 3.30. The Labute approximate surface area is 193 Å². The first kappa shape index (κ1) is 24.0. The van der Waals surface area contributed by atoms with Crippen molar-refractivity contribution in [3.8, 4) is 0 Å². The first-order valence-corrected chi connectivity index (χ1v) is 11.7. The van der Waals surface area contributed by atoms with Crippen LogP contribution in [0.15, 0.2) is 77.7 Å². The van der Waals surface area contributed by atoms with E-state index in [4.69, 9.17) is 4.74 Å². The molecular weight excluding hydrogens is 442 g/mol. The molecule has 0 spiro atoms. The minimum atomic E-state index is -3.89. The molecule has 7 nitrogen and oxygen atoms in total. The molecule has 0 saturated carbocycles. The number of carbonyl (C=O) groups is 2. The van der Waals surface area contributed by atoms with E-state index in [1.165, 1.54) is 23.5 Å². The van der Waals surface area contributed by atoms with Gasteiger partial charge in [-0.15, -0.1) is 0 Å². The smallest absolute Gasteiger partial charge is 0.338 e. The van der Waals surface area contributed by atoms with Crippen LogP contribution in [0.25, 0.3) is 0 Å². The first-order valence-electron chi connectivity index (χ1n) is 10.3. The summed E-state index contributed by atoms with van der Waals surface area (Å²) < 4.78 is 38.1. The van der Waals surface area contributed by atoms with Gasteiger partial charge in [-0.05, 0) is 61.4 Å². The van der Waals surface area contributed by atoms with Gasteiger partial charge in [0.25, 0.3) is 10.0 Å². The molecule has 0 aromatic heterocycles. The summed E-state index contributed by atoms with van der Waals surface area (Å²) in [5.74, 6) is -1.10. The lowest BCUT2D eigenvalue weighted by Gasteiger charge is -2.24. The number of carbonyl (C=O) groups excluding carboxylic acids is 2. The van der Waals surface area contributed by atoms with Gasteiger partial charge in [0.05, 0.1) is 28.8 Å². The molecule has 8 heteroatoms. The first-order chi connectivity index (χ1) is 15.8.